The van der Waals surface area contributed by atoms with Crippen LogP contribution in [0.2, 0.25) is 5.02 Å². The molecule has 0 saturated carbocycles. The van der Waals surface area contributed by atoms with Crippen LogP contribution in [0.4, 0.5) is 8.78 Å². The Morgan fingerprint density at radius 1 is 1.15 bits per heavy atom. The van der Waals surface area contributed by atoms with E-state index in [2.05, 4.69) is 5.32 Å². The van der Waals surface area contributed by atoms with Crippen LogP contribution in [0.25, 0.3) is 0 Å². The van der Waals surface area contributed by atoms with Gasteiger partial charge in [0.1, 0.15) is 7.85 Å². The molecule has 7 nitrogen and oxygen atoms in total. The lowest BCUT2D eigenvalue weighted by molar-refractivity contribution is -0.148. The molecule has 2 aliphatic rings. The Morgan fingerprint density at radius 2 is 1.82 bits per heavy atom. The van der Waals surface area contributed by atoms with Crippen molar-refractivity contribution in [2.75, 3.05) is 0 Å². The van der Waals surface area contributed by atoms with E-state index in [0.29, 0.717) is 15.9 Å². The third kappa shape index (κ3) is 3.98. The molecule has 12 heteroatoms. The average Bonchev–Trinajstić information content (AvgIpc) is 3.15. The predicted octanol–water partition coefficient (Wildman–Crippen LogP) is 1.80. The summed E-state index contributed by atoms with van der Waals surface area (Å²) < 4.78 is 28.9. The number of carbonyl (C=O) groups is 4. The Hall–Kier alpha value is -3.20. The normalized spacial score (nSPS) is 20.5. The van der Waals surface area contributed by atoms with Crippen molar-refractivity contribution in [1.29, 1.82) is 0 Å². The molecule has 1 N–H and O–H groups in total. The van der Waals surface area contributed by atoms with E-state index in [1.54, 1.807) is 6.07 Å². The molecule has 4 radical (unpaired) electrons. The summed E-state index contributed by atoms with van der Waals surface area (Å²) >= 11 is 5.71. The number of benzene rings is 2. The summed E-state index contributed by atoms with van der Waals surface area (Å²) in [5.41, 5.74) is -1.04. The number of carbonyl (C=O) groups excluding carboxylic acids is 4. The molecule has 0 aliphatic carbocycles. The zero-order valence-corrected chi connectivity index (χ0v) is 18.4. The van der Waals surface area contributed by atoms with Crippen LogP contribution in [0.5, 0.6) is 0 Å². The number of alkyl halides is 2. The standard InChI is InChI=1S/C22H16B2ClF2N3O4/c23-21(8-7-17(31)30(24)20(21)34)29-11-13-9-12(1-6-16(13)18(29)32)10-28-19(33)22(26,27)14-2-4-15(25)5-3-14/h1-6,9H,7-8,10-11H2,(H,28,33)/t21-/m0/s1. The van der Waals surface area contributed by atoms with Gasteiger partial charge in [-0.2, -0.15) is 8.78 Å². The van der Waals surface area contributed by atoms with Gasteiger partial charge >= 0.3 is 5.92 Å². The second-order valence-electron chi connectivity index (χ2n) is 8.14. The SMILES string of the molecule is [B]N1C(=O)CC[C@]([B])(N2Cc3cc(CNC(=O)C(F)(F)c4ccc(Cl)cc4)ccc3C2=O)C1=O. The van der Waals surface area contributed by atoms with Crippen LogP contribution in [-0.2, 0) is 33.4 Å². The number of amides is 4. The highest BCUT2D eigenvalue weighted by Gasteiger charge is 2.49. The second kappa shape index (κ2) is 8.54. The van der Waals surface area contributed by atoms with Crippen molar-refractivity contribution in [3.05, 3.63) is 69.7 Å². The van der Waals surface area contributed by atoms with E-state index in [0.717, 1.165) is 17.0 Å². The zero-order valence-electron chi connectivity index (χ0n) is 17.7. The molecule has 0 unspecified atom stereocenters. The quantitative estimate of drug-likeness (QED) is 0.521. The molecule has 1 saturated heterocycles. The zero-order chi connectivity index (χ0) is 24.8. The number of hydrogen-bond donors (Lipinski definition) is 1. The molecular formula is C22H16B2ClF2N3O4. The fraction of sp³-hybridized carbons (Fsp3) is 0.273. The van der Waals surface area contributed by atoms with Crippen LogP contribution in [0.15, 0.2) is 42.5 Å². The summed E-state index contributed by atoms with van der Waals surface area (Å²) in [7, 11) is 11.7. The number of imide groups is 1. The van der Waals surface area contributed by atoms with Crippen molar-refractivity contribution in [3.63, 3.8) is 0 Å². The molecule has 0 spiro atoms. The first-order valence-electron chi connectivity index (χ1n) is 10.2. The summed E-state index contributed by atoms with van der Waals surface area (Å²) in [5.74, 6) is -7.26. The number of nitrogens with one attached hydrogen (secondary N) is 1. The van der Waals surface area contributed by atoms with E-state index in [1.165, 1.54) is 24.3 Å². The van der Waals surface area contributed by atoms with Crippen molar-refractivity contribution in [1.82, 2.24) is 15.0 Å². The highest BCUT2D eigenvalue weighted by molar-refractivity contribution is 6.38. The highest BCUT2D eigenvalue weighted by Crippen LogP contribution is 2.35. The topological polar surface area (TPSA) is 86.8 Å². The van der Waals surface area contributed by atoms with Gasteiger partial charge in [-0.25, -0.2) is 0 Å². The average molecular weight is 481 g/mol. The lowest BCUT2D eigenvalue weighted by atomic mass is 9.68. The number of piperidine rings is 1. The fourth-order valence-electron chi connectivity index (χ4n) is 3.99. The summed E-state index contributed by atoms with van der Waals surface area (Å²) in [6, 6.07) is 9.22. The minimum Gasteiger partial charge on any atom is -0.346 e. The van der Waals surface area contributed by atoms with Crippen molar-refractivity contribution in [2.24, 2.45) is 0 Å². The van der Waals surface area contributed by atoms with Crippen molar-refractivity contribution < 1.29 is 28.0 Å². The minimum absolute atomic E-state index is 0.0405. The molecule has 2 aromatic carbocycles. The molecule has 4 amide bonds. The van der Waals surface area contributed by atoms with E-state index < -0.39 is 40.6 Å². The van der Waals surface area contributed by atoms with Crippen molar-refractivity contribution in [2.45, 2.75) is 37.3 Å². The Balaban J connectivity index is 1.47. The lowest BCUT2D eigenvalue weighted by Gasteiger charge is -2.43. The Labute approximate surface area is 201 Å². The van der Waals surface area contributed by atoms with Crippen LogP contribution in [-0.4, -0.2) is 54.6 Å². The molecule has 0 bridgehead atoms. The summed E-state index contributed by atoms with van der Waals surface area (Å²) in [4.78, 5) is 50.8. The van der Waals surface area contributed by atoms with Crippen LogP contribution < -0.4 is 5.32 Å². The minimum atomic E-state index is -3.77. The Morgan fingerprint density at radius 3 is 2.50 bits per heavy atom. The highest BCUT2D eigenvalue weighted by atomic mass is 35.5. The molecule has 0 aromatic heterocycles. The van der Waals surface area contributed by atoms with E-state index in [-0.39, 0.29) is 36.5 Å². The maximum absolute atomic E-state index is 14.5. The van der Waals surface area contributed by atoms with E-state index >= 15 is 0 Å². The van der Waals surface area contributed by atoms with Gasteiger partial charge in [-0.05, 0) is 35.7 Å². The fourth-order valence-corrected chi connectivity index (χ4v) is 4.11. The lowest BCUT2D eigenvalue weighted by Crippen LogP contribution is -2.64. The third-order valence-electron chi connectivity index (χ3n) is 5.98. The molecule has 2 aliphatic heterocycles. The smallest absolute Gasteiger partial charge is 0.346 e. The van der Waals surface area contributed by atoms with Crippen LogP contribution >= 0.6 is 11.6 Å². The maximum Gasteiger partial charge on any atom is 0.349 e. The summed E-state index contributed by atoms with van der Waals surface area (Å²) in [6.07, 6.45) is -0.182. The van der Waals surface area contributed by atoms with Gasteiger partial charge in [-0.3, -0.25) is 19.2 Å². The van der Waals surface area contributed by atoms with Crippen molar-refractivity contribution >= 4 is 51.1 Å². The predicted molar refractivity (Wildman–Crippen MR) is 119 cm³/mol. The van der Waals surface area contributed by atoms with Gasteiger partial charge in [0.15, 0.2) is 0 Å². The van der Waals surface area contributed by atoms with E-state index in [9.17, 15) is 28.0 Å². The van der Waals surface area contributed by atoms with Gasteiger partial charge in [0.2, 0.25) is 19.8 Å². The van der Waals surface area contributed by atoms with Gasteiger partial charge < -0.3 is 15.0 Å². The summed E-state index contributed by atoms with van der Waals surface area (Å²) in [5, 5.41) is 2.46. The monoisotopic (exact) mass is 481 g/mol. The number of halogens is 3. The van der Waals surface area contributed by atoms with Gasteiger partial charge in [0.25, 0.3) is 11.8 Å². The molecule has 1 atom stereocenters. The second-order valence-corrected chi connectivity index (χ2v) is 8.58. The number of fused-ring (bicyclic) bond motifs is 1. The third-order valence-corrected chi connectivity index (χ3v) is 6.23. The van der Waals surface area contributed by atoms with E-state index in [1.807, 2.05) is 0 Å². The van der Waals surface area contributed by atoms with Crippen molar-refractivity contribution in [3.8, 4) is 0 Å². The van der Waals surface area contributed by atoms with Gasteiger partial charge in [-0.15, -0.1) is 0 Å². The first-order chi connectivity index (χ1) is 15.9. The van der Waals surface area contributed by atoms with Crippen LogP contribution in [0, 0.1) is 0 Å². The number of hydrogen-bond acceptors (Lipinski definition) is 4. The number of rotatable bonds is 5. The molecule has 1 fully saturated rings. The van der Waals surface area contributed by atoms with Crippen LogP contribution in [0.1, 0.15) is 39.9 Å². The Bertz CT molecular complexity index is 1210. The van der Waals surface area contributed by atoms with Crippen LogP contribution in [0.3, 0.4) is 0 Å². The maximum atomic E-state index is 14.5. The molecule has 2 heterocycles. The first kappa shape index (κ1) is 23.9. The Kier molecular flexibility index (Phi) is 6.01. The summed E-state index contributed by atoms with van der Waals surface area (Å²) in [6.45, 7) is -0.261. The molecule has 4 rings (SSSR count). The first-order valence-corrected chi connectivity index (χ1v) is 10.6. The molecule has 2 aromatic rings. The van der Waals surface area contributed by atoms with Gasteiger partial charge in [0.05, 0.1) is 5.44 Å². The van der Waals surface area contributed by atoms with Gasteiger partial charge in [0, 0.05) is 35.7 Å². The van der Waals surface area contributed by atoms with Gasteiger partial charge in [-0.1, -0.05) is 35.9 Å². The number of nitrogens with zero attached hydrogens (tertiary/aromatic N) is 2. The van der Waals surface area contributed by atoms with E-state index in [4.69, 9.17) is 27.4 Å². The largest absolute Gasteiger partial charge is 0.349 e. The molecule has 170 valence electrons. The molecule has 34 heavy (non-hydrogen) atoms. The molecular weight excluding hydrogens is 465 g/mol.